The van der Waals surface area contributed by atoms with E-state index in [2.05, 4.69) is 5.32 Å². The summed E-state index contributed by atoms with van der Waals surface area (Å²) in [6.45, 7) is -0.568. The molecule has 0 saturated heterocycles. The van der Waals surface area contributed by atoms with E-state index in [-0.39, 0.29) is 11.3 Å². The molecule has 1 fully saturated rings. The number of hydrogen-bond donors (Lipinski definition) is 4. The lowest BCUT2D eigenvalue weighted by atomic mass is 10.2. The number of sulfone groups is 1. The summed E-state index contributed by atoms with van der Waals surface area (Å²) in [5.74, 6) is -3.48. The second-order valence-corrected chi connectivity index (χ2v) is 7.23. The van der Waals surface area contributed by atoms with Crippen LogP contribution in [0.4, 0.5) is 0 Å². The number of rotatable bonds is 7. The molecule has 0 radical (unpaired) electrons. The lowest BCUT2D eigenvalue weighted by molar-refractivity contribution is -0.140. The molecule has 0 spiro atoms. The van der Waals surface area contributed by atoms with Crippen LogP contribution in [0.1, 0.15) is 6.42 Å². The van der Waals surface area contributed by atoms with Gasteiger partial charge in [0.25, 0.3) is 0 Å². The van der Waals surface area contributed by atoms with Gasteiger partial charge in [-0.25, -0.2) is 8.42 Å². The van der Waals surface area contributed by atoms with Crippen LogP contribution in [0.15, 0.2) is 35.2 Å². The van der Waals surface area contributed by atoms with Crippen LogP contribution < -0.4 is 11.1 Å². The maximum atomic E-state index is 12.5. The fraction of sp³-hybridized carbons (Fsp3) is 0.385. The number of nitrogens with one attached hydrogen (secondary N) is 1. The van der Waals surface area contributed by atoms with Gasteiger partial charge < -0.3 is 15.9 Å². The van der Waals surface area contributed by atoms with E-state index in [9.17, 15) is 18.0 Å². The SMILES string of the molecule is NC(C1(NCC(=O)O)CC1C(=O)O)S(=O)(=O)c1ccccc1. The summed E-state index contributed by atoms with van der Waals surface area (Å²) in [7, 11) is -3.99. The fourth-order valence-corrected chi connectivity index (χ4v) is 4.20. The minimum atomic E-state index is -3.99. The highest BCUT2D eigenvalue weighted by Gasteiger charge is 2.65. The van der Waals surface area contributed by atoms with Gasteiger partial charge in [0.05, 0.1) is 22.9 Å². The summed E-state index contributed by atoms with van der Waals surface area (Å²) in [5, 5.41) is 18.8. The Labute approximate surface area is 126 Å². The van der Waals surface area contributed by atoms with Crippen LogP contribution in [0, 0.1) is 5.92 Å². The van der Waals surface area contributed by atoms with Crippen molar-refractivity contribution in [2.24, 2.45) is 11.7 Å². The molecule has 3 atom stereocenters. The van der Waals surface area contributed by atoms with Crippen molar-refractivity contribution in [3.8, 4) is 0 Å². The Kier molecular flexibility index (Phi) is 4.23. The third-order valence-electron chi connectivity index (χ3n) is 3.78. The van der Waals surface area contributed by atoms with Crippen LogP contribution in [0.3, 0.4) is 0 Å². The standard InChI is InChI=1S/C13H16N2O6S/c14-12(22(20,21)8-4-2-1-3-5-8)13(15-7-10(16)17)6-9(13)11(18)19/h1-5,9,12,15H,6-7,14H2,(H,16,17)(H,18,19). The summed E-state index contributed by atoms with van der Waals surface area (Å²) in [4.78, 5) is 21.8. The van der Waals surface area contributed by atoms with Crippen LogP contribution in [-0.4, -0.2) is 48.0 Å². The Balaban J connectivity index is 2.33. The van der Waals surface area contributed by atoms with E-state index in [1.807, 2.05) is 0 Å². The van der Waals surface area contributed by atoms with Crippen LogP contribution in [0.25, 0.3) is 0 Å². The van der Waals surface area contributed by atoms with E-state index >= 15 is 0 Å². The maximum absolute atomic E-state index is 12.5. The smallest absolute Gasteiger partial charge is 0.317 e. The first-order chi connectivity index (χ1) is 10.2. The Bertz CT molecular complexity index is 690. The highest BCUT2D eigenvalue weighted by atomic mass is 32.2. The van der Waals surface area contributed by atoms with Crippen LogP contribution in [0.5, 0.6) is 0 Å². The van der Waals surface area contributed by atoms with Crippen molar-refractivity contribution in [3.05, 3.63) is 30.3 Å². The van der Waals surface area contributed by atoms with E-state index in [1.165, 1.54) is 24.3 Å². The Morgan fingerprint density at radius 1 is 1.32 bits per heavy atom. The van der Waals surface area contributed by atoms with Gasteiger partial charge in [-0.3, -0.25) is 14.9 Å². The average molecular weight is 328 g/mol. The van der Waals surface area contributed by atoms with Gasteiger partial charge in [-0.15, -0.1) is 0 Å². The summed E-state index contributed by atoms with van der Waals surface area (Å²) in [5.41, 5.74) is 4.36. The fourth-order valence-electron chi connectivity index (χ4n) is 2.47. The maximum Gasteiger partial charge on any atom is 0.317 e. The molecule has 120 valence electrons. The second kappa shape index (κ2) is 5.67. The Hall–Kier alpha value is -1.97. The molecule has 8 nitrogen and oxygen atoms in total. The highest BCUT2D eigenvalue weighted by molar-refractivity contribution is 7.92. The summed E-state index contributed by atoms with van der Waals surface area (Å²) >= 11 is 0. The number of nitrogens with two attached hydrogens (primary N) is 1. The molecule has 3 unspecified atom stereocenters. The normalized spacial score (nSPS) is 25.4. The van der Waals surface area contributed by atoms with Gasteiger partial charge in [0.2, 0.25) is 0 Å². The third-order valence-corrected chi connectivity index (χ3v) is 5.80. The molecule has 2 rings (SSSR count). The van der Waals surface area contributed by atoms with Crippen LogP contribution in [-0.2, 0) is 19.4 Å². The number of benzene rings is 1. The Morgan fingerprint density at radius 2 is 1.91 bits per heavy atom. The zero-order chi connectivity index (χ0) is 16.5. The van der Waals surface area contributed by atoms with Gasteiger partial charge in [0, 0.05) is 0 Å². The van der Waals surface area contributed by atoms with E-state index in [4.69, 9.17) is 15.9 Å². The van der Waals surface area contributed by atoms with E-state index in [0.717, 1.165) is 0 Å². The van der Waals surface area contributed by atoms with Gasteiger partial charge in [0.15, 0.2) is 9.84 Å². The molecule has 1 aliphatic rings. The predicted octanol–water partition coefficient (Wildman–Crippen LogP) is -0.737. The number of carboxylic acids is 2. The molecule has 0 heterocycles. The molecule has 0 aromatic heterocycles. The number of carboxylic acid groups (broad SMARTS) is 2. The van der Waals surface area contributed by atoms with Gasteiger partial charge in [-0.05, 0) is 18.6 Å². The average Bonchev–Trinajstić information content (AvgIpc) is 3.21. The van der Waals surface area contributed by atoms with Crippen molar-refractivity contribution in [2.75, 3.05) is 6.54 Å². The molecule has 1 aromatic rings. The highest BCUT2D eigenvalue weighted by Crippen LogP contribution is 2.48. The molecule has 0 bridgehead atoms. The van der Waals surface area contributed by atoms with E-state index < -0.39 is 45.2 Å². The summed E-state index contributed by atoms with van der Waals surface area (Å²) in [6, 6.07) is 7.41. The molecule has 1 aromatic carbocycles. The van der Waals surface area contributed by atoms with Gasteiger partial charge in [0.1, 0.15) is 5.37 Å². The van der Waals surface area contributed by atoms with Crippen molar-refractivity contribution in [1.29, 1.82) is 0 Å². The van der Waals surface area contributed by atoms with Crippen molar-refractivity contribution in [3.63, 3.8) is 0 Å². The van der Waals surface area contributed by atoms with Crippen molar-refractivity contribution in [1.82, 2.24) is 5.32 Å². The quantitative estimate of drug-likeness (QED) is 0.512. The number of aliphatic carboxylic acids is 2. The van der Waals surface area contributed by atoms with E-state index in [0.29, 0.717) is 0 Å². The Morgan fingerprint density at radius 3 is 2.36 bits per heavy atom. The van der Waals surface area contributed by atoms with Crippen molar-refractivity contribution < 1.29 is 28.2 Å². The molecule has 5 N–H and O–H groups in total. The molecular weight excluding hydrogens is 312 g/mol. The minimum absolute atomic E-state index is 0.0324. The molecule has 22 heavy (non-hydrogen) atoms. The minimum Gasteiger partial charge on any atom is -0.481 e. The first kappa shape index (κ1) is 16.4. The molecule has 0 amide bonds. The van der Waals surface area contributed by atoms with Gasteiger partial charge in [-0.2, -0.15) is 0 Å². The zero-order valence-corrected chi connectivity index (χ0v) is 12.3. The van der Waals surface area contributed by atoms with Crippen LogP contribution >= 0.6 is 0 Å². The molecule has 1 aliphatic carbocycles. The molecule has 0 aliphatic heterocycles. The van der Waals surface area contributed by atoms with Crippen molar-refractivity contribution in [2.45, 2.75) is 22.2 Å². The summed E-state index contributed by atoms with van der Waals surface area (Å²) in [6.07, 6.45) is -0.0388. The topological polar surface area (TPSA) is 147 Å². The predicted molar refractivity (Wildman–Crippen MR) is 75.7 cm³/mol. The number of hydrogen-bond acceptors (Lipinski definition) is 6. The first-order valence-corrected chi connectivity index (χ1v) is 8.00. The third kappa shape index (κ3) is 2.82. The van der Waals surface area contributed by atoms with Gasteiger partial charge in [-0.1, -0.05) is 18.2 Å². The second-order valence-electron chi connectivity index (χ2n) is 5.16. The lowest BCUT2D eigenvalue weighted by Crippen LogP contribution is -2.55. The number of carbonyl (C=O) groups is 2. The summed E-state index contributed by atoms with van der Waals surface area (Å²) < 4.78 is 25.1. The first-order valence-electron chi connectivity index (χ1n) is 6.46. The lowest BCUT2D eigenvalue weighted by Gasteiger charge is -2.25. The zero-order valence-electron chi connectivity index (χ0n) is 11.5. The largest absolute Gasteiger partial charge is 0.481 e. The van der Waals surface area contributed by atoms with Gasteiger partial charge >= 0.3 is 11.9 Å². The van der Waals surface area contributed by atoms with E-state index in [1.54, 1.807) is 6.07 Å². The molecular formula is C13H16N2O6S. The monoisotopic (exact) mass is 328 g/mol. The molecule has 9 heteroatoms. The van der Waals surface area contributed by atoms with Crippen LogP contribution in [0.2, 0.25) is 0 Å². The van der Waals surface area contributed by atoms with Crippen molar-refractivity contribution >= 4 is 21.8 Å². The molecule has 1 saturated carbocycles.